The number of aryl methyl sites for hydroxylation is 1. The second kappa shape index (κ2) is 6.70. The van der Waals surface area contributed by atoms with Crippen molar-refractivity contribution in [3.05, 3.63) is 54.2 Å². The van der Waals surface area contributed by atoms with Crippen LogP contribution in [0.25, 0.3) is 10.9 Å². The predicted octanol–water partition coefficient (Wildman–Crippen LogP) is 2.78. The van der Waals surface area contributed by atoms with Gasteiger partial charge in [-0.3, -0.25) is 4.98 Å². The van der Waals surface area contributed by atoms with Gasteiger partial charge in [0.05, 0.1) is 24.4 Å². The molecule has 0 amide bonds. The zero-order valence-electron chi connectivity index (χ0n) is 14.1. The second-order valence-electron chi connectivity index (χ2n) is 5.57. The number of imidazole rings is 1. The van der Waals surface area contributed by atoms with Crippen molar-refractivity contribution in [2.45, 2.75) is 13.5 Å². The van der Waals surface area contributed by atoms with E-state index in [0.717, 1.165) is 22.4 Å². The Labute approximate surface area is 140 Å². The van der Waals surface area contributed by atoms with E-state index in [0.29, 0.717) is 18.7 Å². The predicted molar refractivity (Wildman–Crippen MR) is 93.0 cm³/mol. The van der Waals surface area contributed by atoms with Gasteiger partial charge in [-0.25, -0.2) is 9.78 Å². The number of esters is 1. The molecule has 6 heteroatoms. The van der Waals surface area contributed by atoms with E-state index in [1.54, 1.807) is 19.3 Å². The Morgan fingerprint density at radius 3 is 2.79 bits per heavy atom. The number of pyridine rings is 1. The fourth-order valence-corrected chi connectivity index (χ4v) is 2.74. The molecule has 0 radical (unpaired) electrons. The van der Waals surface area contributed by atoms with Crippen LogP contribution in [0.5, 0.6) is 0 Å². The van der Waals surface area contributed by atoms with Gasteiger partial charge in [-0.2, -0.15) is 0 Å². The van der Waals surface area contributed by atoms with Gasteiger partial charge in [0, 0.05) is 38.1 Å². The zero-order valence-corrected chi connectivity index (χ0v) is 14.1. The molecule has 0 atom stereocenters. The lowest BCUT2D eigenvalue weighted by Crippen LogP contribution is -2.22. The number of nitrogens with zero attached hydrogens (tertiary/aromatic N) is 4. The molecule has 1 aromatic carbocycles. The fraction of sp³-hybridized carbons (Fsp3) is 0.278. The van der Waals surface area contributed by atoms with Crippen molar-refractivity contribution >= 4 is 22.6 Å². The number of anilines is 1. The van der Waals surface area contributed by atoms with E-state index in [1.807, 2.05) is 54.0 Å². The summed E-state index contributed by atoms with van der Waals surface area (Å²) in [4.78, 5) is 23.1. The Morgan fingerprint density at radius 1 is 1.29 bits per heavy atom. The maximum atomic E-state index is 12.4. The minimum Gasteiger partial charge on any atom is -0.462 e. The number of benzene rings is 1. The van der Waals surface area contributed by atoms with Gasteiger partial charge < -0.3 is 14.2 Å². The standard InChI is InChI=1S/C18H20N4O2/c1-4-24-18(23)14-11-20-15-8-6-5-7-13(15)17(14)22(3)12-16-19-9-10-21(16)2/h5-11H,4,12H2,1-3H3. The monoisotopic (exact) mass is 324 g/mol. The number of hydrogen-bond donors (Lipinski definition) is 0. The highest BCUT2D eigenvalue weighted by atomic mass is 16.5. The number of rotatable bonds is 5. The third kappa shape index (κ3) is 2.95. The van der Waals surface area contributed by atoms with Gasteiger partial charge in [0.2, 0.25) is 0 Å². The van der Waals surface area contributed by atoms with Crippen molar-refractivity contribution in [3.63, 3.8) is 0 Å². The molecule has 3 aromatic rings. The largest absolute Gasteiger partial charge is 0.462 e. The number of carbonyl (C=O) groups is 1. The molecule has 2 heterocycles. The van der Waals surface area contributed by atoms with E-state index < -0.39 is 0 Å². The highest BCUT2D eigenvalue weighted by molar-refractivity contribution is 6.05. The molecule has 0 saturated heterocycles. The Balaban J connectivity index is 2.10. The van der Waals surface area contributed by atoms with Crippen molar-refractivity contribution in [2.24, 2.45) is 7.05 Å². The van der Waals surface area contributed by atoms with E-state index in [9.17, 15) is 4.79 Å². The average Bonchev–Trinajstić information content (AvgIpc) is 2.98. The van der Waals surface area contributed by atoms with Crippen LogP contribution in [0.4, 0.5) is 5.69 Å². The summed E-state index contributed by atoms with van der Waals surface area (Å²) >= 11 is 0. The van der Waals surface area contributed by atoms with E-state index in [2.05, 4.69) is 9.97 Å². The Bertz CT molecular complexity index is 872. The molecule has 0 bridgehead atoms. The Kier molecular flexibility index (Phi) is 4.46. The highest BCUT2D eigenvalue weighted by Gasteiger charge is 2.20. The van der Waals surface area contributed by atoms with E-state index in [-0.39, 0.29) is 5.97 Å². The Morgan fingerprint density at radius 2 is 2.08 bits per heavy atom. The topological polar surface area (TPSA) is 60.2 Å². The number of ether oxygens (including phenoxy) is 1. The van der Waals surface area contributed by atoms with Crippen LogP contribution in [0.1, 0.15) is 23.1 Å². The second-order valence-corrected chi connectivity index (χ2v) is 5.57. The van der Waals surface area contributed by atoms with Crippen LogP contribution in [0.3, 0.4) is 0 Å². The molecular weight excluding hydrogens is 304 g/mol. The number of hydrogen-bond acceptors (Lipinski definition) is 5. The van der Waals surface area contributed by atoms with Crippen molar-refractivity contribution in [2.75, 3.05) is 18.6 Å². The lowest BCUT2D eigenvalue weighted by atomic mass is 10.1. The van der Waals surface area contributed by atoms with Crippen LogP contribution in [-0.4, -0.2) is 34.2 Å². The van der Waals surface area contributed by atoms with Gasteiger partial charge in [0.15, 0.2) is 0 Å². The normalized spacial score (nSPS) is 10.8. The molecule has 0 fully saturated rings. The maximum absolute atomic E-state index is 12.4. The molecule has 0 aliphatic rings. The van der Waals surface area contributed by atoms with E-state index >= 15 is 0 Å². The van der Waals surface area contributed by atoms with Gasteiger partial charge in [-0.1, -0.05) is 18.2 Å². The maximum Gasteiger partial charge on any atom is 0.341 e. The lowest BCUT2D eigenvalue weighted by molar-refractivity contribution is 0.0527. The summed E-state index contributed by atoms with van der Waals surface area (Å²) in [6.07, 6.45) is 5.25. The lowest BCUT2D eigenvalue weighted by Gasteiger charge is -2.23. The third-order valence-electron chi connectivity index (χ3n) is 3.92. The molecule has 0 saturated carbocycles. The van der Waals surface area contributed by atoms with Crippen molar-refractivity contribution in [1.29, 1.82) is 0 Å². The highest BCUT2D eigenvalue weighted by Crippen LogP contribution is 2.30. The first-order valence-corrected chi connectivity index (χ1v) is 7.84. The van der Waals surface area contributed by atoms with Gasteiger partial charge in [0.1, 0.15) is 11.4 Å². The quantitative estimate of drug-likeness (QED) is 0.675. The Hall–Kier alpha value is -2.89. The smallest absolute Gasteiger partial charge is 0.341 e. The SMILES string of the molecule is CCOC(=O)c1cnc2ccccc2c1N(C)Cc1nccn1C. The summed E-state index contributed by atoms with van der Waals surface area (Å²) in [5.41, 5.74) is 2.11. The zero-order chi connectivity index (χ0) is 17.1. The molecule has 0 aliphatic carbocycles. The summed E-state index contributed by atoms with van der Waals surface area (Å²) in [7, 11) is 3.90. The average molecular weight is 324 g/mol. The van der Waals surface area contributed by atoms with Gasteiger partial charge >= 0.3 is 5.97 Å². The summed E-state index contributed by atoms with van der Waals surface area (Å²) < 4.78 is 7.16. The molecule has 3 rings (SSSR count). The summed E-state index contributed by atoms with van der Waals surface area (Å²) in [5, 5.41) is 0.916. The minimum absolute atomic E-state index is 0.328. The molecule has 24 heavy (non-hydrogen) atoms. The van der Waals surface area contributed by atoms with Crippen LogP contribution in [0, 0.1) is 0 Å². The van der Waals surface area contributed by atoms with Gasteiger partial charge in [-0.05, 0) is 13.0 Å². The van der Waals surface area contributed by atoms with E-state index in [1.165, 1.54) is 0 Å². The first-order valence-electron chi connectivity index (χ1n) is 7.84. The molecule has 0 unspecified atom stereocenters. The van der Waals surface area contributed by atoms with Gasteiger partial charge in [-0.15, -0.1) is 0 Å². The van der Waals surface area contributed by atoms with Gasteiger partial charge in [0.25, 0.3) is 0 Å². The van der Waals surface area contributed by atoms with Crippen LogP contribution in [0.15, 0.2) is 42.9 Å². The van der Waals surface area contributed by atoms with Crippen LogP contribution >= 0.6 is 0 Å². The molecule has 0 aliphatic heterocycles. The first kappa shape index (κ1) is 16.0. The van der Waals surface area contributed by atoms with Crippen molar-refractivity contribution < 1.29 is 9.53 Å². The van der Waals surface area contributed by atoms with Crippen LogP contribution in [-0.2, 0) is 18.3 Å². The van der Waals surface area contributed by atoms with Crippen molar-refractivity contribution in [1.82, 2.24) is 14.5 Å². The van der Waals surface area contributed by atoms with Crippen LogP contribution in [0.2, 0.25) is 0 Å². The fourth-order valence-electron chi connectivity index (χ4n) is 2.74. The van der Waals surface area contributed by atoms with Crippen LogP contribution < -0.4 is 4.90 Å². The molecule has 124 valence electrons. The minimum atomic E-state index is -0.363. The third-order valence-corrected chi connectivity index (χ3v) is 3.92. The summed E-state index contributed by atoms with van der Waals surface area (Å²) in [5.74, 6) is 0.547. The molecule has 0 spiro atoms. The number of aromatic nitrogens is 3. The summed E-state index contributed by atoms with van der Waals surface area (Å²) in [6.45, 7) is 2.70. The number of para-hydroxylation sites is 1. The molecule has 6 nitrogen and oxygen atoms in total. The molecule has 0 N–H and O–H groups in total. The van der Waals surface area contributed by atoms with Crippen molar-refractivity contribution in [3.8, 4) is 0 Å². The number of fused-ring (bicyclic) bond motifs is 1. The molecular formula is C18H20N4O2. The first-order chi connectivity index (χ1) is 11.6. The number of carbonyl (C=O) groups excluding carboxylic acids is 1. The van der Waals surface area contributed by atoms with E-state index in [4.69, 9.17) is 4.74 Å². The molecule has 2 aromatic heterocycles. The summed E-state index contributed by atoms with van der Waals surface area (Å²) in [6, 6.07) is 7.77.